The van der Waals surface area contributed by atoms with Crippen molar-refractivity contribution in [2.45, 2.75) is 4.90 Å². The Morgan fingerprint density at radius 2 is 1.61 bits per heavy atom. The van der Waals surface area contributed by atoms with Crippen LogP contribution in [0.3, 0.4) is 0 Å². The second-order valence-corrected chi connectivity index (χ2v) is 7.54. The lowest BCUT2D eigenvalue weighted by atomic mass is 10.2. The van der Waals surface area contributed by atoms with Crippen molar-refractivity contribution >= 4 is 39.3 Å². The number of nitro benzene ring substituents is 1. The van der Waals surface area contributed by atoms with E-state index in [4.69, 9.17) is 15.8 Å². The van der Waals surface area contributed by atoms with E-state index in [9.17, 15) is 18.5 Å². The molecule has 0 unspecified atom stereocenters. The van der Waals surface area contributed by atoms with Crippen LogP contribution in [0.1, 0.15) is 5.56 Å². The number of aliphatic imine (C=N–C) groups is 1. The van der Waals surface area contributed by atoms with E-state index in [1.807, 2.05) is 0 Å². The van der Waals surface area contributed by atoms with E-state index in [0.29, 0.717) is 16.3 Å². The van der Waals surface area contributed by atoms with E-state index in [1.165, 1.54) is 60.8 Å². The van der Waals surface area contributed by atoms with E-state index in [0.717, 1.165) is 0 Å². The van der Waals surface area contributed by atoms with Gasteiger partial charge in [-0.05, 0) is 48.5 Å². The first-order valence-electron chi connectivity index (χ1n) is 7.93. The van der Waals surface area contributed by atoms with Gasteiger partial charge in [-0.25, -0.2) is 0 Å². The number of non-ortho nitro benzene ring substituents is 1. The van der Waals surface area contributed by atoms with Crippen LogP contribution in [0.25, 0.3) is 0 Å². The number of nitrogens with zero attached hydrogens (tertiary/aromatic N) is 2. The monoisotopic (exact) mass is 416 g/mol. The molecule has 0 amide bonds. The summed E-state index contributed by atoms with van der Waals surface area (Å²) < 4.78 is 30.2. The lowest BCUT2D eigenvalue weighted by Crippen LogP contribution is -2.10. The highest BCUT2D eigenvalue weighted by Gasteiger charge is 2.18. The van der Waals surface area contributed by atoms with E-state index in [-0.39, 0.29) is 16.3 Å². The summed E-state index contributed by atoms with van der Waals surface area (Å²) in [5.41, 5.74) is 0.857. The van der Waals surface area contributed by atoms with Gasteiger partial charge in [0.05, 0.1) is 10.6 Å². The van der Waals surface area contributed by atoms with Crippen LogP contribution in [0.5, 0.6) is 5.75 Å². The summed E-state index contributed by atoms with van der Waals surface area (Å²) in [4.78, 5) is 14.4. The highest BCUT2D eigenvalue weighted by Crippen LogP contribution is 2.24. The molecule has 3 rings (SSSR count). The fourth-order valence-electron chi connectivity index (χ4n) is 2.24. The molecular formula is C19H13ClN2O5S. The van der Waals surface area contributed by atoms with Crippen molar-refractivity contribution in [1.29, 1.82) is 0 Å². The van der Waals surface area contributed by atoms with E-state index >= 15 is 0 Å². The smallest absolute Gasteiger partial charge is 0.339 e. The third kappa shape index (κ3) is 4.73. The summed E-state index contributed by atoms with van der Waals surface area (Å²) in [5.74, 6) is 0.100. The molecule has 0 aliphatic heterocycles. The van der Waals surface area contributed by atoms with Crippen LogP contribution in [0, 0.1) is 10.1 Å². The molecule has 0 aromatic heterocycles. The Labute approximate surface area is 166 Å². The molecule has 0 spiro atoms. The second-order valence-electron chi connectivity index (χ2n) is 5.56. The third-order valence-corrected chi connectivity index (χ3v) is 5.13. The van der Waals surface area contributed by atoms with Gasteiger partial charge in [-0.3, -0.25) is 15.1 Å². The van der Waals surface area contributed by atoms with Crippen molar-refractivity contribution in [1.82, 2.24) is 0 Å². The van der Waals surface area contributed by atoms with Crippen LogP contribution < -0.4 is 4.18 Å². The topological polar surface area (TPSA) is 98.9 Å². The van der Waals surface area contributed by atoms with Crippen LogP contribution in [0.4, 0.5) is 11.4 Å². The Kier molecular flexibility index (Phi) is 5.72. The van der Waals surface area contributed by atoms with Crippen molar-refractivity contribution in [3.8, 4) is 5.75 Å². The maximum absolute atomic E-state index is 12.5. The van der Waals surface area contributed by atoms with E-state index in [1.54, 1.807) is 18.2 Å². The van der Waals surface area contributed by atoms with Gasteiger partial charge in [-0.15, -0.1) is 0 Å². The molecule has 0 saturated heterocycles. The lowest BCUT2D eigenvalue weighted by Gasteiger charge is -2.09. The summed E-state index contributed by atoms with van der Waals surface area (Å²) in [7, 11) is -4.05. The maximum atomic E-state index is 12.5. The van der Waals surface area contributed by atoms with Crippen molar-refractivity contribution < 1.29 is 17.5 Å². The van der Waals surface area contributed by atoms with Crippen molar-refractivity contribution in [2.75, 3.05) is 0 Å². The largest absolute Gasteiger partial charge is 0.378 e. The predicted octanol–water partition coefficient (Wildman–Crippen LogP) is 4.77. The standard InChI is InChI=1S/C19H13ClN2O5S/c20-15-5-11-18(12-6-15)28(25,26)27-19-4-2-1-3-14(19)13-21-16-7-9-17(10-8-16)22(23)24/h1-13H. The first-order chi connectivity index (χ1) is 13.3. The summed E-state index contributed by atoms with van der Waals surface area (Å²) in [5, 5.41) is 11.1. The zero-order valence-corrected chi connectivity index (χ0v) is 15.8. The normalized spacial score (nSPS) is 11.5. The van der Waals surface area contributed by atoms with Crippen LogP contribution >= 0.6 is 11.6 Å². The number of rotatable bonds is 6. The second kappa shape index (κ2) is 8.20. The Morgan fingerprint density at radius 3 is 2.25 bits per heavy atom. The molecule has 0 aliphatic rings. The molecule has 3 aromatic rings. The van der Waals surface area contributed by atoms with Gasteiger partial charge < -0.3 is 4.18 Å². The maximum Gasteiger partial charge on any atom is 0.339 e. The average molecular weight is 417 g/mol. The minimum atomic E-state index is -4.05. The van der Waals surface area contributed by atoms with Crippen molar-refractivity contribution in [3.63, 3.8) is 0 Å². The number of hydrogen-bond acceptors (Lipinski definition) is 6. The molecule has 0 radical (unpaired) electrons. The van der Waals surface area contributed by atoms with Gasteiger partial charge >= 0.3 is 10.1 Å². The molecule has 0 atom stereocenters. The zero-order valence-electron chi connectivity index (χ0n) is 14.2. The molecule has 0 bridgehead atoms. The number of hydrogen-bond donors (Lipinski definition) is 0. The van der Waals surface area contributed by atoms with Crippen LogP contribution in [-0.4, -0.2) is 19.6 Å². The predicted molar refractivity (Wildman–Crippen MR) is 106 cm³/mol. The minimum Gasteiger partial charge on any atom is -0.378 e. The Bertz CT molecular complexity index is 1130. The molecule has 28 heavy (non-hydrogen) atoms. The highest BCUT2D eigenvalue weighted by molar-refractivity contribution is 7.87. The molecule has 9 heteroatoms. The number of nitro groups is 1. The molecule has 0 aliphatic carbocycles. The van der Waals surface area contributed by atoms with Gasteiger partial charge in [0.15, 0.2) is 5.75 Å². The van der Waals surface area contributed by atoms with E-state index in [2.05, 4.69) is 4.99 Å². The van der Waals surface area contributed by atoms with Gasteiger partial charge in [0.1, 0.15) is 4.90 Å². The van der Waals surface area contributed by atoms with Crippen LogP contribution in [0.2, 0.25) is 5.02 Å². The fraction of sp³-hybridized carbons (Fsp3) is 0. The quantitative estimate of drug-likeness (QED) is 0.249. The molecule has 0 heterocycles. The summed E-state index contributed by atoms with van der Waals surface area (Å²) in [6.07, 6.45) is 1.42. The fourth-order valence-corrected chi connectivity index (χ4v) is 3.31. The zero-order chi connectivity index (χ0) is 20.1. The lowest BCUT2D eigenvalue weighted by molar-refractivity contribution is -0.384. The van der Waals surface area contributed by atoms with Crippen molar-refractivity contribution in [2.24, 2.45) is 4.99 Å². The molecule has 0 saturated carbocycles. The third-order valence-electron chi connectivity index (χ3n) is 3.63. The number of para-hydroxylation sites is 1. The van der Waals surface area contributed by atoms with Gasteiger partial charge in [0.2, 0.25) is 0 Å². The Morgan fingerprint density at radius 1 is 0.964 bits per heavy atom. The molecular weight excluding hydrogens is 404 g/mol. The summed E-state index contributed by atoms with van der Waals surface area (Å²) >= 11 is 5.78. The Hall–Kier alpha value is -3.23. The first-order valence-corrected chi connectivity index (χ1v) is 9.71. The van der Waals surface area contributed by atoms with Crippen LogP contribution in [-0.2, 0) is 10.1 Å². The summed E-state index contributed by atoms with van der Waals surface area (Å²) in [6, 6.07) is 17.8. The SMILES string of the molecule is O=[N+]([O-])c1ccc(N=Cc2ccccc2OS(=O)(=O)c2ccc(Cl)cc2)cc1. The molecule has 3 aromatic carbocycles. The number of halogens is 1. The summed E-state index contributed by atoms with van der Waals surface area (Å²) in [6.45, 7) is 0. The van der Waals surface area contributed by atoms with E-state index < -0.39 is 15.0 Å². The number of benzene rings is 3. The van der Waals surface area contributed by atoms with Crippen LogP contribution in [0.15, 0.2) is 82.7 Å². The average Bonchev–Trinajstić information content (AvgIpc) is 2.68. The molecule has 142 valence electrons. The molecule has 0 fully saturated rings. The van der Waals surface area contributed by atoms with Gasteiger partial charge in [0.25, 0.3) is 5.69 Å². The molecule has 0 N–H and O–H groups in total. The minimum absolute atomic E-state index is 0.0287. The van der Waals surface area contributed by atoms with Crippen molar-refractivity contribution in [3.05, 3.63) is 93.5 Å². The Balaban J connectivity index is 1.85. The van der Waals surface area contributed by atoms with Gasteiger partial charge in [-0.1, -0.05) is 23.7 Å². The van der Waals surface area contributed by atoms with Gasteiger partial charge in [-0.2, -0.15) is 8.42 Å². The molecule has 7 nitrogen and oxygen atoms in total. The van der Waals surface area contributed by atoms with Gasteiger partial charge in [0, 0.05) is 28.9 Å². The first kappa shape index (κ1) is 19.5. The highest BCUT2D eigenvalue weighted by atomic mass is 35.5.